The van der Waals surface area contributed by atoms with E-state index >= 15 is 0 Å². The van der Waals surface area contributed by atoms with E-state index in [1.165, 1.54) is 10.5 Å². The first kappa shape index (κ1) is 17.4. The minimum absolute atomic E-state index is 0. The molecule has 0 saturated carbocycles. The van der Waals surface area contributed by atoms with Crippen molar-refractivity contribution in [2.24, 2.45) is 11.1 Å². The number of hydrogen-bond acceptors (Lipinski definition) is 4. The predicted octanol–water partition coefficient (Wildman–Crippen LogP) is 1.56. The number of aromatic nitrogens is 1. The summed E-state index contributed by atoms with van der Waals surface area (Å²) in [6, 6.07) is 3.36. The first-order valence-corrected chi connectivity index (χ1v) is 7.86. The molecule has 5 nitrogen and oxygen atoms in total. The number of rotatable bonds is 2. The predicted molar refractivity (Wildman–Crippen MR) is 81.4 cm³/mol. The Hall–Kier alpha value is -0.690. The Morgan fingerprint density at radius 3 is 2.55 bits per heavy atom. The van der Waals surface area contributed by atoms with Gasteiger partial charge >= 0.3 is 0 Å². The molecule has 1 aromatic heterocycles. The van der Waals surface area contributed by atoms with Crippen LogP contribution in [0.25, 0.3) is 0 Å². The summed E-state index contributed by atoms with van der Waals surface area (Å²) in [6.45, 7) is 6.77. The molecule has 0 aliphatic carbocycles. The van der Waals surface area contributed by atoms with Crippen LogP contribution in [-0.4, -0.2) is 36.8 Å². The number of pyridine rings is 1. The summed E-state index contributed by atoms with van der Waals surface area (Å²) in [6.07, 6.45) is 2.11. The third-order valence-corrected chi connectivity index (χ3v) is 5.63. The van der Waals surface area contributed by atoms with E-state index in [4.69, 9.17) is 5.73 Å². The molecule has 7 heteroatoms. The lowest BCUT2D eigenvalue weighted by Gasteiger charge is -2.41. The number of piperidine rings is 1. The van der Waals surface area contributed by atoms with Gasteiger partial charge in [-0.25, -0.2) is 8.42 Å². The molecule has 0 amide bonds. The van der Waals surface area contributed by atoms with E-state index in [9.17, 15) is 8.42 Å². The van der Waals surface area contributed by atoms with Crippen molar-refractivity contribution in [1.82, 2.24) is 9.29 Å². The van der Waals surface area contributed by atoms with E-state index < -0.39 is 10.0 Å². The molecule has 0 radical (unpaired) electrons. The highest BCUT2D eigenvalue weighted by molar-refractivity contribution is 7.89. The molecular formula is C13H22ClN3O2S. The highest BCUT2D eigenvalue weighted by Gasteiger charge is 2.38. The number of nitrogens with two attached hydrogens (primary N) is 1. The minimum atomic E-state index is -3.46. The summed E-state index contributed by atoms with van der Waals surface area (Å²) >= 11 is 0. The van der Waals surface area contributed by atoms with Crippen LogP contribution in [0.3, 0.4) is 0 Å². The molecule has 0 spiro atoms. The number of aryl methyl sites for hydroxylation is 1. The summed E-state index contributed by atoms with van der Waals surface area (Å²) in [5, 5.41) is 0. The van der Waals surface area contributed by atoms with E-state index in [1.54, 1.807) is 12.1 Å². The zero-order valence-electron chi connectivity index (χ0n) is 12.0. The third kappa shape index (κ3) is 3.31. The summed E-state index contributed by atoms with van der Waals surface area (Å²) in [7, 11) is -3.46. The molecule has 1 unspecified atom stereocenters. The molecule has 0 aromatic carbocycles. The Kier molecular flexibility index (Phi) is 5.18. The Labute approximate surface area is 127 Å². The molecule has 1 aromatic rings. The fourth-order valence-electron chi connectivity index (χ4n) is 2.29. The van der Waals surface area contributed by atoms with Crippen molar-refractivity contribution >= 4 is 22.4 Å². The van der Waals surface area contributed by atoms with E-state index in [0.717, 1.165) is 5.69 Å². The van der Waals surface area contributed by atoms with Crippen LogP contribution in [0.2, 0.25) is 0 Å². The number of sulfonamides is 1. The topological polar surface area (TPSA) is 76.3 Å². The summed E-state index contributed by atoms with van der Waals surface area (Å²) in [4.78, 5) is 4.32. The van der Waals surface area contributed by atoms with Crippen LogP contribution in [0.1, 0.15) is 26.0 Å². The molecule has 1 aliphatic rings. The molecule has 1 fully saturated rings. The molecule has 0 bridgehead atoms. The first-order valence-electron chi connectivity index (χ1n) is 6.42. The van der Waals surface area contributed by atoms with Crippen molar-refractivity contribution in [2.75, 3.05) is 13.1 Å². The maximum absolute atomic E-state index is 12.5. The quantitative estimate of drug-likeness (QED) is 0.897. The zero-order valence-corrected chi connectivity index (χ0v) is 13.7. The fourth-order valence-corrected chi connectivity index (χ4v) is 3.86. The van der Waals surface area contributed by atoms with E-state index in [2.05, 4.69) is 4.98 Å². The van der Waals surface area contributed by atoms with Gasteiger partial charge in [-0.1, -0.05) is 13.8 Å². The molecule has 2 rings (SSSR count). The largest absolute Gasteiger partial charge is 0.327 e. The van der Waals surface area contributed by atoms with Gasteiger partial charge in [-0.2, -0.15) is 4.31 Å². The Morgan fingerprint density at radius 2 is 2.05 bits per heavy atom. The van der Waals surface area contributed by atoms with Gasteiger partial charge in [0.2, 0.25) is 10.0 Å². The Morgan fingerprint density at radius 1 is 1.40 bits per heavy atom. The second kappa shape index (κ2) is 5.97. The fraction of sp³-hybridized carbons (Fsp3) is 0.615. The number of hydrogen-bond donors (Lipinski definition) is 1. The normalized spacial score (nSPS) is 23.1. The summed E-state index contributed by atoms with van der Waals surface area (Å²) in [5.74, 6) is 0. The molecule has 20 heavy (non-hydrogen) atoms. The van der Waals surface area contributed by atoms with Gasteiger partial charge in [0, 0.05) is 31.0 Å². The molecule has 1 saturated heterocycles. The van der Waals surface area contributed by atoms with Gasteiger partial charge in [0.05, 0.1) is 0 Å². The maximum Gasteiger partial charge on any atom is 0.244 e. The number of halogens is 1. The highest BCUT2D eigenvalue weighted by atomic mass is 35.5. The lowest BCUT2D eigenvalue weighted by Crippen LogP contribution is -2.53. The lowest BCUT2D eigenvalue weighted by molar-refractivity contribution is 0.155. The molecular weight excluding hydrogens is 298 g/mol. The van der Waals surface area contributed by atoms with Crippen molar-refractivity contribution in [3.05, 3.63) is 24.0 Å². The monoisotopic (exact) mass is 319 g/mol. The standard InChI is InChI=1S/C13H21N3O2S.ClH/c1-10-4-5-11(8-15-10)19(17,18)16-7-6-12(14)13(2,3)9-16;/h4-5,8,12H,6-7,9,14H2,1-3H3;1H. The first-order chi connectivity index (χ1) is 8.73. The average Bonchev–Trinajstić information content (AvgIpc) is 2.33. The minimum Gasteiger partial charge on any atom is -0.327 e. The average molecular weight is 320 g/mol. The van der Waals surface area contributed by atoms with Crippen LogP contribution in [0.4, 0.5) is 0 Å². The summed E-state index contributed by atoms with van der Waals surface area (Å²) in [5.41, 5.74) is 6.64. The summed E-state index contributed by atoms with van der Waals surface area (Å²) < 4.78 is 26.6. The Bertz CT molecular complexity index is 557. The Balaban J connectivity index is 0.00000200. The van der Waals surface area contributed by atoms with Crippen LogP contribution >= 0.6 is 12.4 Å². The van der Waals surface area contributed by atoms with Crippen LogP contribution in [0.5, 0.6) is 0 Å². The van der Waals surface area contributed by atoms with Gasteiger partial charge < -0.3 is 5.73 Å². The van der Waals surface area contributed by atoms with Crippen molar-refractivity contribution < 1.29 is 8.42 Å². The zero-order chi connectivity index (χ0) is 14.3. The van der Waals surface area contributed by atoms with Crippen molar-refractivity contribution in [3.8, 4) is 0 Å². The van der Waals surface area contributed by atoms with Crippen LogP contribution < -0.4 is 5.73 Å². The van der Waals surface area contributed by atoms with Crippen LogP contribution in [0.15, 0.2) is 23.2 Å². The third-order valence-electron chi connectivity index (χ3n) is 3.80. The molecule has 2 N–H and O–H groups in total. The second-order valence-electron chi connectivity index (χ2n) is 5.86. The van der Waals surface area contributed by atoms with Gasteiger partial charge in [-0.05, 0) is 30.9 Å². The molecule has 114 valence electrons. The van der Waals surface area contributed by atoms with Crippen molar-refractivity contribution in [1.29, 1.82) is 0 Å². The molecule has 1 aliphatic heterocycles. The SMILES string of the molecule is Cc1ccc(S(=O)(=O)N2CCC(N)C(C)(C)C2)cn1.Cl. The van der Waals surface area contributed by atoms with Crippen molar-refractivity contribution in [2.45, 2.75) is 38.1 Å². The smallest absolute Gasteiger partial charge is 0.244 e. The van der Waals surface area contributed by atoms with Gasteiger partial charge in [0.25, 0.3) is 0 Å². The van der Waals surface area contributed by atoms with Gasteiger partial charge in [0.1, 0.15) is 4.90 Å². The van der Waals surface area contributed by atoms with Gasteiger partial charge in [0.15, 0.2) is 0 Å². The van der Waals surface area contributed by atoms with Gasteiger partial charge in [-0.15, -0.1) is 12.4 Å². The van der Waals surface area contributed by atoms with E-state index in [0.29, 0.717) is 19.5 Å². The van der Waals surface area contributed by atoms with Gasteiger partial charge in [-0.3, -0.25) is 4.98 Å². The van der Waals surface area contributed by atoms with Crippen molar-refractivity contribution in [3.63, 3.8) is 0 Å². The molecule has 2 heterocycles. The van der Waals surface area contributed by atoms with Crippen LogP contribution in [-0.2, 0) is 10.0 Å². The van der Waals surface area contributed by atoms with E-state index in [-0.39, 0.29) is 28.8 Å². The lowest BCUT2D eigenvalue weighted by atomic mass is 9.81. The maximum atomic E-state index is 12.5. The molecule has 1 atom stereocenters. The number of nitrogens with zero attached hydrogens (tertiary/aromatic N) is 2. The highest BCUT2D eigenvalue weighted by Crippen LogP contribution is 2.31. The van der Waals surface area contributed by atoms with E-state index in [1.807, 2.05) is 20.8 Å². The second-order valence-corrected chi connectivity index (χ2v) is 7.80. The van der Waals surface area contributed by atoms with Crippen LogP contribution in [0, 0.1) is 12.3 Å².